The maximum atomic E-state index is 12.6. The Balaban J connectivity index is 1.57. The lowest BCUT2D eigenvalue weighted by atomic mass is 10.3. The van der Waals surface area contributed by atoms with Gasteiger partial charge in [0, 0.05) is 17.5 Å². The first-order valence-electron chi connectivity index (χ1n) is 8.67. The third kappa shape index (κ3) is 3.37. The van der Waals surface area contributed by atoms with Gasteiger partial charge in [-0.3, -0.25) is 4.79 Å². The molecule has 0 unspecified atom stereocenters. The molecule has 0 saturated heterocycles. The van der Waals surface area contributed by atoms with Crippen LogP contribution in [-0.2, 0) is 0 Å². The quantitative estimate of drug-likeness (QED) is 0.602. The topological polar surface area (TPSA) is 64.7 Å². The number of hydrogen-bond acceptors (Lipinski definition) is 3. The molecule has 0 spiro atoms. The Morgan fingerprint density at radius 2 is 1.30 bits per heavy atom. The molecule has 0 aliphatic rings. The van der Waals surface area contributed by atoms with Crippen molar-refractivity contribution in [3.8, 4) is 11.4 Å². The van der Waals surface area contributed by atoms with Crippen LogP contribution in [0.25, 0.3) is 11.4 Å². The number of rotatable bonds is 4. The Morgan fingerprint density at radius 3 is 1.89 bits per heavy atom. The fourth-order valence-electron chi connectivity index (χ4n) is 2.96. The van der Waals surface area contributed by atoms with E-state index < -0.39 is 0 Å². The molecule has 2 aromatic carbocycles. The van der Waals surface area contributed by atoms with Gasteiger partial charge < -0.3 is 5.32 Å². The average Bonchev–Trinajstić information content (AvgIpc) is 3.26. The summed E-state index contributed by atoms with van der Waals surface area (Å²) in [6.07, 6.45) is 0. The normalized spacial score (nSPS) is 10.7. The lowest BCUT2D eigenvalue weighted by Gasteiger charge is -2.03. The van der Waals surface area contributed by atoms with Crippen molar-refractivity contribution in [2.45, 2.75) is 13.8 Å². The van der Waals surface area contributed by atoms with Crippen LogP contribution in [0.1, 0.15) is 21.9 Å². The second-order valence-electron chi connectivity index (χ2n) is 6.29. The minimum atomic E-state index is -0.287. The van der Waals surface area contributed by atoms with Gasteiger partial charge in [0.1, 0.15) is 0 Å². The second-order valence-corrected chi connectivity index (χ2v) is 6.29. The van der Waals surface area contributed by atoms with Crippen molar-refractivity contribution in [3.05, 3.63) is 89.9 Å². The van der Waals surface area contributed by atoms with Crippen LogP contribution in [-0.4, -0.2) is 25.5 Å². The van der Waals surface area contributed by atoms with Crippen LogP contribution in [0, 0.1) is 13.8 Å². The molecule has 4 rings (SSSR count). The lowest BCUT2D eigenvalue weighted by molar-refractivity contribution is 0.102. The van der Waals surface area contributed by atoms with E-state index in [-0.39, 0.29) is 5.91 Å². The van der Waals surface area contributed by atoms with Crippen molar-refractivity contribution in [2.24, 2.45) is 0 Å². The van der Waals surface area contributed by atoms with Gasteiger partial charge in [-0.25, -0.2) is 9.36 Å². The molecule has 0 aliphatic heterocycles. The number of hydrogen-bond donors (Lipinski definition) is 1. The minimum Gasteiger partial charge on any atom is -0.304 e. The van der Waals surface area contributed by atoms with E-state index in [9.17, 15) is 4.79 Å². The van der Waals surface area contributed by atoms with Gasteiger partial charge in [-0.15, -0.1) is 5.10 Å². The summed E-state index contributed by atoms with van der Waals surface area (Å²) < 4.78 is 3.55. The standard InChI is InChI=1S/C21H19N5O/c1-15-13-19(23-25(15)17-9-5-3-6-10-17)21(27)22-20-14-16(2)26(24-20)18-11-7-4-8-12-18/h3-14H,1-2H3,(H,22,24,27). The smallest absolute Gasteiger partial charge is 0.277 e. The molecule has 2 heterocycles. The molecule has 0 radical (unpaired) electrons. The highest BCUT2D eigenvalue weighted by Gasteiger charge is 2.15. The van der Waals surface area contributed by atoms with Crippen LogP contribution in [0.4, 0.5) is 5.82 Å². The Bertz CT molecular complexity index is 1080. The van der Waals surface area contributed by atoms with Gasteiger partial charge >= 0.3 is 0 Å². The van der Waals surface area contributed by atoms with Crippen molar-refractivity contribution in [1.82, 2.24) is 19.6 Å². The number of carbonyl (C=O) groups is 1. The molecule has 0 saturated carbocycles. The first-order chi connectivity index (χ1) is 13.1. The molecule has 0 bridgehead atoms. The molecule has 0 fully saturated rings. The number of amides is 1. The van der Waals surface area contributed by atoms with E-state index >= 15 is 0 Å². The van der Waals surface area contributed by atoms with E-state index in [4.69, 9.17) is 0 Å². The zero-order valence-electron chi connectivity index (χ0n) is 15.1. The Hall–Kier alpha value is -3.67. The van der Waals surface area contributed by atoms with Crippen molar-refractivity contribution >= 4 is 11.7 Å². The van der Waals surface area contributed by atoms with Gasteiger partial charge in [0.15, 0.2) is 11.5 Å². The average molecular weight is 357 g/mol. The van der Waals surface area contributed by atoms with E-state index in [1.165, 1.54) is 0 Å². The Labute approximate surface area is 157 Å². The summed E-state index contributed by atoms with van der Waals surface area (Å²) >= 11 is 0. The van der Waals surface area contributed by atoms with Crippen LogP contribution >= 0.6 is 0 Å². The number of nitrogens with one attached hydrogen (secondary N) is 1. The fourth-order valence-corrected chi connectivity index (χ4v) is 2.96. The molecule has 1 N–H and O–H groups in total. The van der Waals surface area contributed by atoms with Gasteiger partial charge in [-0.1, -0.05) is 36.4 Å². The van der Waals surface area contributed by atoms with Crippen LogP contribution < -0.4 is 5.32 Å². The van der Waals surface area contributed by atoms with Crippen LogP contribution in [0.3, 0.4) is 0 Å². The molecule has 0 aliphatic carbocycles. The predicted octanol–water partition coefficient (Wildman–Crippen LogP) is 3.93. The first-order valence-corrected chi connectivity index (χ1v) is 8.67. The lowest BCUT2D eigenvalue weighted by Crippen LogP contribution is -2.14. The summed E-state index contributed by atoms with van der Waals surface area (Å²) in [5.41, 5.74) is 4.03. The van der Waals surface area contributed by atoms with Gasteiger partial charge in [0.05, 0.1) is 11.4 Å². The maximum absolute atomic E-state index is 12.6. The predicted molar refractivity (Wildman–Crippen MR) is 105 cm³/mol. The SMILES string of the molecule is Cc1cc(NC(=O)c2cc(C)n(-c3ccccc3)n2)nn1-c1ccccc1. The van der Waals surface area contributed by atoms with Crippen molar-refractivity contribution in [2.75, 3.05) is 5.32 Å². The summed E-state index contributed by atoms with van der Waals surface area (Å²) in [7, 11) is 0. The molecule has 2 aromatic heterocycles. The maximum Gasteiger partial charge on any atom is 0.277 e. The van der Waals surface area contributed by atoms with Gasteiger partial charge in [-0.05, 0) is 44.2 Å². The number of aromatic nitrogens is 4. The van der Waals surface area contributed by atoms with E-state index in [0.29, 0.717) is 11.5 Å². The third-order valence-electron chi connectivity index (χ3n) is 4.25. The summed E-state index contributed by atoms with van der Waals surface area (Å²) in [6, 6.07) is 23.1. The molecule has 27 heavy (non-hydrogen) atoms. The Morgan fingerprint density at radius 1 is 0.778 bits per heavy atom. The van der Waals surface area contributed by atoms with Crippen molar-refractivity contribution in [3.63, 3.8) is 0 Å². The Kier molecular flexibility index (Phi) is 4.30. The first kappa shape index (κ1) is 16.8. The molecule has 4 aromatic rings. The largest absolute Gasteiger partial charge is 0.304 e. The summed E-state index contributed by atoms with van der Waals surface area (Å²) in [4.78, 5) is 12.6. The van der Waals surface area contributed by atoms with Crippen molar-refractivity contribution in [1.29, 1.82) is 0 Å². The number of nitrogens with zero attached hydrogens (tertiary/aromatic N) is 4. The molecule has 0 atom stereocenters. The summed E-state index contributed by atoms with van der Waals surface area (Å²) in [6.45, 7) is 3.87. The zero-order chi connectivity index (χ0) is 18.8. The minimum absolute atomic E-state index is 0.287. The van der Waals surface area contributed by atoms with E-state index in [1.807, 2.05) is 80.6 Å². The molecule has 6 nitrogen and oxygen atoms in total. The fraction of sp³-hybridized carbons (Fsp3) is 0.0952. The van der Waals surface area contributed by atoms with Crippen LogP contribution in [0.2, 0.25) is 0 Å². The number of anilines is 1. The summed E-state index contributed by atoms with van der Waals surface area (Å²) in [5.74, 6) is 0.207. The highest BCUT2D eigenvalue weighted by molar-refractivity contribution is 6.02. The monoisotopic (exact) mass is 357 g/mol. The highest BCUT2D eigenvalue weighted by Crippen LogP contribution is 2.16. The number of aryl methyl sites for hydroxylation is 2. The second kappa shape index (κ2) is 6.92. The summed E-state index contributed by atoms with van der Waals surface area (Å²) in [5, 5.41) is 11.8. The zero-order valence-corrected chi connectivity index (χ0v) is 15.1. The van der Waals surface area contributed by atoms with Crippen LogP contribution in [0.5, 0.6) is 0 Å². The van der Waals surface area contributed by atoms with Crippen LogP contribution in [0.15, 0.2) is 72.8 Å². The third-order valence-corrected chi connectivity index (χ3v) is 4.25. The molecule has 6 heteroatoms. The van der Waals surface area contributed by atoms with Crippen molar-refractivity contribution < 1.29 is 4.79 Å². The molecule has 134 valence electrons. The van der Waals surface area contributed by atoms with E-state index in [1.54, 1.807) is 15.4 Å². The number of para-hydroxylation sites is 2. The van der Waals surface area contributed by atoms with Gasteiger partial charge in [0.2, 0.25) is 0 Å². The van der Waals surface area contributed by atoms with E-state index in [2.05, 4.69) is 15.5 Å². The van der Waals surface area contributed by atoms with Gasteiger partial charge in [0.25, 0.3) is 5.91 Å². The molecule has 1 amide bonds. The number of carbonyl (C=O) groups excluding carboxylic acids is 1. The van der Waals surface area contributed by atoms with Gasteiger partial charge in [-0.2, -0.15) is 5.10 Å². The number of benzene rings is 2. The highest BCUT2D eigenvalue weighted by atomic mass is 16.2. The van der Waals surface area contributed by atoms with E-state index in [0.717, 1.165) is 22.8 Å². The molecular formula is C21H19N5O. The molecular weight excluding hydrogens is 338 g/mol.